The molecule has 1 atom stereocenters. The van der Waals surface area contributed by atoms with E-state index in [0.717, 1.165) is 27.3 Å². The van der Waals surface area contributed by atoms with E-state index in [0.29, 0.717) is 5.75 Å². The second kappa shape index (κ2) is 9.03. The second-order valence-corrected chi connectivity index (χ2v) is 6.10. The maximum Gasteiger partial charge on any atom is 0.424 e. The zero-order chi connectivity index (χ0) is 20.0. The Labute approximate surface area is 160 Å². The van der Waals surface area contributed by atoms with Gasteiger partial charge in [0.15, 0.2) is 0 Å². The number of nitrogens with one attached hydrogen (secondary N) is 1. The van der Waals surface area contributed by atoms with Crippen LogP contribution in [-0.2, 0) is 0 Å². The highest BCUT2D eigenvalue weighted by Gasteiger charge is 2.38. The second-order valence-electron chi connectivity index (χ2n) is 6.10. The number of benzene rings is 2. The summed E-state index contributed by atoms with van der Waals surface area (Å²) in [5.74, 6) is 0.402. The van der Waals surface area contributed by atoms with Crippen molar-refractivity contribution >= 4 is 12.1 Å². The Kier molecular flexibility index (Phi) is 6.77. The first-order chi connectivity index (χ1) is 13.0. The van der Waals surface area contributed by atoms with Gasteiger partial charge in [0, 0.05) is 5.70 Å². The molecule has 1 N–H and O–H groups in total. The summed E-state index contributed by atoms with van der Waals surface area (Å²) >= 11 is 0. The number of ether oxygens (including phenoxy) is 1. The topological polar surface area (TPSA) is 58.6 Å². The van der Waals surface area contributed by atoms with Gasteiger partial charge in [0.2, 0.25) is 0 Å². The molecule has 0 aromatic heterocycles. The third-order valence-electron chi connectivity index (χ3n) is 4.31. The van der Waals surface area contributed by atoms with Crippen molar-refractivity contribution in [3.8, 4) is 5.75 Å². The highest BCUT2D eigenvalue weighted by molar-refractivity contribution is 5.94. The van der Waals surface area contributed by atoms with Gasteiger partial charge in [-0.25, -0.2) is 14.5 Å². The molecule has 2 aromatic rings. The molecule has 2 aromatic carbocycles. The normalized spacial score (nSPS) is 16.3. The fraction of sp³-hybridized carbons (Fsp3) is 0.273. The quantitative estimate of drug-likeness (QED) is 0.755. The first-order valence-corrected chi connectivity index (χ1v) is 9.08. The van der Waals surface area contributed by atoms with E-state index in [1.165, 1.54) is 0 Å². The van der Waals surface area contributed by atoms with Gasteiger partial charge in [0.1, 0.15) is 5.75 Å². The first kappa shape index (κ1) is 20.2. The monoisotopic (exact) mass is 366 g/mol. The van der Waals surface area contributed by atoms with Crippen LogP contribution in [0.1, 0.15) is 44.9 Å². The average molecular weight is 366 g/mol. The highest BCUT2D eigenvalue weighted by atomic mass is 16.6. The Hall–Kier alpha value is -3.08. The Bertz CT molecular complexity index is 826. The van der Waals surface area contributed by atoms with E-state index in [4.69, 9.17) is 4.74 Å². The first-order valence-electron chi connectivity index (χ1n) is 9.08. The Morgan fingerprint density at radius 2 is 1.56 bits per heavy atom. The zero-order valence-electron chi connectivity index (χ0n) is 16.4. The molecule has 0 spiro atoms. The van der Waals surface area contributed by atoms with Gasteiger partial charge in [-0.1, -0.05) is 61.9 Å². The van der Waals surface area contributed by atoms with Crippen LogP contribution in [-0.4, -0.2) is 17.0 Å². The van der Waals surface area contributed by atoms with Crippen molar-refractivity contribution in [2.24, 2.45) is 0 Å². The standard InChI is InChI=1S/C20H20N2O3.C2H6/c1-13-9-11-17(12-10-13)25-20(24)22-18(16-7-5-4-6-8-16)14(2)15(3)21-19(22)23;1-2/h4-12,18H,1-3H3,(H,21,23);1-2H3/t18-;/m1./s1. The molecule has 27 heavy (non-hydrogen) atoms. The van der Waals surface area contributed by atoms with Gasteiger partial charge in [-0.05, 0) is 44.0 Å². The molecule has 0 radical (unpaired) electrons. The SMILES string of the molecule is CC.CC1=C(C)[C@H](c2ccccc2)N(C(=O)Oc2ccc(C)cc2)C(=O)N1. The summed E-state index contributed by atoms with van der Waals surface area (Å²) in [4.78, 5) is 26.3. The Morgan fingerprint density at radius 3 is 2.15 bits per heavy atom. The van der Waals surface area contributed by atoms with Crippen LogP contribution in [0.25, 0.3) is 0 Å². The van der Waals surface area contributed by atoms with Gasteiger partial charge in [0.25, 0.3) is 0 Å². The number of rotatable bonds is 2. The minimum absolute atomic E-state index is 0.402. The molecule has 1 aliphatic heterocycles. The van der Waals surface area contributed by atoms with Gasteiger partial charge < -0.3 is 10.1 Å². The van der Waals surface area contributed by atoms with E-state index < -0.39 is 18.2 Å². The molecule has 3 amide bonds. The van der Waals surface area contributed by atoms with E-state index in [1.807, 2.05) is 77.1 Å². The molecule has 5 heteroatoms. The maximum absolute atomic E-state index is 12.7. The van der Waals surface area contributed by atoms with Crippen molar-refractivity contribution in [2.45, 2.75) is 40.7 Å². The van der Waals surface area contributed by atoms with Crippen LogP contribution in [0.2, 0.25) is 0 Å². The van der Waals surface area contributed by atoms with Gasteiger partial charge in [0.05, 0.1) is 6.04 Å². The summed E-state index contributed by atoms with van der Waals surface area (Å²) in [6.07, 6.45) is -0.706. The molecule has 0 aliphatic carbocycles. The fourth-order valence-electron chi connectivity index (χ4n) is 2.81. The lowest BCUT2D eigenvalue weighted by Crippen LogP contribution is -2.50. The Balaban J connectivity index is 0.00000126. The number of carbonyl (C=O) groups excluding carboxylic acids is 2. The van der Waals surface area contributed by atoms with Crippen LogP contribution >= 0.6 is 0 Å². The molecule has 0 unspecified atom stereocenters. The van der Waals surface area contributed by atoms with Crippen molar-refractivity contribution in [3.05, 3.63) is 77.0 Å². The number of nitrogens with zero attached hydrogens (tertiary/aromatic N) is 1. The summed E-state index contributed by atoms with van der Waals surface area (Å²) in [5, 5.41) is 2.72. The molecule has 0 saturated heterocycles. The number of hydrogen-bond acceptors (Lipinski definition) is 3. The molecule has 142 valence electrons. The van der Waals surface area contributed by atoms with E-state index in [-0.39, 0.29) is 0 Å². The van der Waals surface area contributed by atoms with Crippen molar-refractivity contribution in [1.82, 2.24) is 10.2 Å². The molecule has 0 saturated carbocycles. The van der Waals surface area contributed by atoms with Gasteiger partial charge in [-0.15, -0.1) is 0 Å². The molecular formula is C22H26N2O3. The smallest absolute Gasteiger partial charge is 0.410 e. The third kappa shape index (κ3) is 4.56. The lowest BCUT2D eigenvalue weighted by Gasteiger charge is -2.35. The van der Waals surface area contributed by atoms with Crippen LogP contribution in [0.5, 0.6) is 5.75 Å². The number of imide groups is 1. The predicted molar refractivity (Wildman–Crippen MR) is 106 cm³/mol. The van der Waals surface area contributed by atoms with Crippen LogP contribution in [0.15, 0.2) is 65.9 Å². The lowest BCUT2D eigenvalue weighted by molar-refractivity contribution is 0.140. The summed E-state index contributed by atoms with van der Waals surface area (Å²) in [6.45, 7) is 9.68. The number of aryl methyl sites for hydroxylation is 1. The Morgan fingerprint density at radius 1 is 0.963 bits per heavy atom. The fourth-order valence-corrected chi connectivity index (χ4v) is 2.81. The zero-order valence-corrected chi connectivity index (χ0v) is 16.4. The molecule has 3 rings (SSSR count). The lowest BCUT2D eigenvalue weighted by atomic mass is 9.95. The highest BCUT2D eigenvalue weighted by Crippen LogP contribution is 2.33. The minimum Gasteiger partial charge on any atom is -0.410 e. The molecule has 1 heterocycles. The van der Waals surface area contributed by atoms with Crippen LogP contribution < -0.4 is 10.1 Å². The van der Waals surface area contributed by atoms with Crippen LogP contribution in [0.4, 0.5) is 9.59 Å². The summed E-state index contributed by atoms with van der Waals surface area (Å²) in [7, 11) is 0. The average Bonchev–Trinajstić information content (AvgIpc) is 2.68. The van der Waals surface area contributed by atoms with E-state index in [1.54, 1.807) is 12.1 Å². The molecule has 0 bridgehead atoms. The number of urea groups is 1. The summed E-state index contributed by atoms with van der Waals surface area (Å²) < 4.78 is 5.42. The maximum atomic E-state index is 12.7. The predicted octanol–water partition coefficient (Wildman–Crippen LogP) is 5.58. The van der Waals surface area contributed by atoms with Gasteiger partial charge in [-0.3, -0.25) is 0 Å². The van der Waals surface area contributed by atoms with Crippen molar-refractivity contribution in [3.63, 3.8) is 0 Å². The van der Waals surface area contributed by atoms with Gasteiger partial charge in [-0.2, -0.15) is 0 Å². The molecule has 5 nitrogen and oxygen atoms in total. The summed E-state index contributed by atoms with van der Waals surface area (Å²) in [6, 6.07) is 15.6. The van der Waals surface area contributed by atoms with Crippen molar-refractivity contribution in [2.75, 3.05) is 0 Å². The van der Waals surface area contributed by atoms with E-state index >= 15 is 0 Å². The van der Waals surface area contributed by atoms with Crippen molar-refractivity contribution in [1.29, 1.82) is 0 Å². The van der Waals surface area contributed by atoms with Crippen LogP contribution in [0, 0.1) is 6.92 Å². The number of carbonyl (C=O) groups is 2. The minimum atomic E-state index is -0.706. The van der Waals surface area contributed by atoms with E-state index in [9.17, 15) is 9.59 Å². The number of allylic oxidation sites excluding steroid dienone is 1. The van der Waals surface area contributed by atoms with Crippen molar-refractivity contribution < 1.29 is 14.3 Å². The summed E-state index contributed by atoms with van der Waals surface area (Å²) in [5.41, 5.74) is 3.56. The van der Waals surface area contributed by atoms with E-state index in [2.05, 4.69) is 5.32 Å². The van der Waals surface area contributed by atoms with Gasteiger partial charge >= 0.3 is 12.1 Å². The molecule has 0 fully saturated rings. The van der Waals surface area contributed by atoms with Crippen LogP contribution in [0.3, 0.4) is 0 Å². The number of amides is 3. The molecular weight excluding hydrogens is 340 g/mol. The largest absolute Gasteiger partial charge is 0.424 e. The third-order valence-corrected chi connectivity index (χ3v) is 4.31. The molecule has 1 aliphatic rings. The number of hydrogen-bond donors (Lipinski definition) is 1.